The normalized spacial score (nSPS) is 62.2. The molecule has 0 aromatic carbocycles. The second kappa shape index (κ2) is 1.82. The van der Waals surface area contributed by atoms with Gasteiger partial charge in [-0.05, 0) is 43.4 Å². The summed E-state index contributed by atoms with van der Waals surface area (Å²) < 4.78 is 0. The number of fused-ring (bicyclic) bond motifs is 2. The second-order valence-electron chi connectivity index (χ2n) is 5.00. The molecule has 0 radical (unpaired) electrons. The molecule has 4 atom stereocenters. The van der Waals surface area contributed by atoms with Crippen LogP contribution in [0.3, 0.4) is 0 Å². The highest BCUT2D eigenvalue weighted by molar-refractivity contribution is 5.10. The number of hydrogen-bond acceptors (Lipinski definition) is 1. The maximum atomic E-state index is 10.2. The summed E-state index contributed by atoms with van der Waals surface area (Å²) in [5.74, 6) is 1.32. The van der Waals surface area contributed by atoms with Gasteiger partial charge in [-0.25, -0.2) is 0 Å². The fraction of sp³-hybridized carbons (Fsp3) is 1.00. The van der Waals surface area contributed by atoms with Crippen molar-refractivity contribution in [3.63, 3.8) is 0 Å². The van der Waals surface area contributed by atoms with Crippen LogP contribution in [0.5, 0.6) is 0 Å². The standard InChI is InChI=1S/C10H18O/c1-7-8-4-5-9(2,6-8)10(7,3)11/h7-8,11H,4-6H2,1-3H3. The summed E-state index contributed by atoms with van der Waals surface area (Å²) in [4.78, 5) is 0. The summed E-state index contributed by atoms with van der Waals surface area (Å²) in [6, 6.07) is 0. The van der Waals surface area contributed by atoms with Crippen molar-refractivity contribution in [3.8, 4) is 0 Å². The van der Waals surface area contributed by atoms with Crippen LogP contribution in [0.25, 0.3) is 0 Å². The lowest BCUT2D eigenvalue weighted by atomic mass is 9.69. The van der Waals surface area contributed by atoms with Crippen LogP contribution in [0.15, 0.2) is 0 Å². The van der Waals surface area contributed by atoms with E-state index < -0.39 is 5.60 Å². The van der Waals surface area contributed by atoms with Gasteiger partial charge in [0.15, 0.2) is 0 Å². The van der Waals surface area contributed by atoms with Crippen molar-refractivity contribution in [3.05, 3.63) is 0 Å². The second-order valence-corrected chi connectivity index (χ2v) is 5.00. The summed E-state index contributed by atoms with van der Waals surface area (Å²) in [6.45, 7) is 6.47. The fourth-order valence-corrected chi connectivity index (χ4v) is 3.18. The van der Waals surface area contributed by atoms with Crippen LogP contribution in [-0.2, 0) is 0 Å². The zero-order chi connectivity index (χ0) is 8.28. The minimum absolute atomic E-state index is 0.233. The summed E-state index contributed by atoms with van der Waals surface area (Å²) in [7, 11) is 0. The molecule has 2 saturated carbocycles. The molecule has 0 aromatic rings. The van der Waals surface area contributed by atoms with E-state index >= 15 is 0 Å². The van der Waals surface area contributed by atoms with Gasteiger partial charge in [-0.2, -0.15) is 0 Å². The largest absolute Gasteiger partial charge is 0.389 e. The molecular weight excluding hydrogens is 136 g/mol. The van der Waals surface area contributed by atoms with E-state index in [1.165, 1.54) is 19.3 Å². The van der Waals surface area contributed by atoms with Crippen LogP contribution >= 0.6 is 0 Å². The van der Waals surface area contributed by atoms with E-state index in [9.17, 15) is 5.11 Å². The SMILES string of the molecule is CC1C2CCC(C)(C2)C1(C)O. The van der Waals surface area contributed by atoms with Gasteiger partial charge in [0.05, 0.1) is 5.60 Å². The Kier molecular flexibility index (Phi) is 1.26. The molecular formula is C10H18O. The van der Waals surface area contributed by atoms with E-state index in [1.807, 2.05) is 6.92 Å². The zero-order valence-corrected chi connectivity index (χ0v) is 7.72. The van der Waals surface area contributed by atoms with Gasteiger partial charge >= 0.3 is 0 Å². The zero-order valence-electron chi connectivity index (χ0n) is 7.72. The first-order chi connectivity index (χ1) is 4.97. The van der Waals surface area contributed by atoms with Crippen LogP contribution in [0.2, 0.25) is 0 Å². The maximum absolute atomic E-state index is 10.2. The molecule has 2 fully saturated rings. The van der Waals surface area contributed by atoms with E-state index in [0.717, 1.165) is 5.92 Å². The first-order valence-corrected chi connectivity index (χ1v) is 4.70. The Hall–Kier alpha value is -0.0400. The fourth-order valence-electron chi connectivity index (χ4n) is 3.18. The molecule has 1 N–H and O–H groups in total. The molecule has 0 saturated heterocycles. The highest BCUT2D eigenvalue weighted by atomic mass is 16.3. The van der Waals surface area contributed by atoms with Gasteiger partial charge in [0.1, 0.15) is 0 Å². The molecule has 2 bridgehead atoms. The number of rotatable bonds is 0. The molecule has 2 aliphatic carbocycles. The predicted octanol–water partition coefficient (Wildman–Crippen LogP) is 2.19. The van der Waals surface area contributed by atoms with Gasteiger partial charge in [-0.3, -0.25) is 0 Å². The Labute approximate surface area is 68.8 Å². The van der Waals surface area contributed by atoms with E-state index in [4.69, 9.17) is 0 Å². The summed E-state index contributed by atoms with van der Waals surface area (Å²) >= 11 is 0. The van der Waals surface area contributed by atoms with E-state index in [0.29, 0.717) is 5.92 Å². The molecule has 0 aliphatic heterocycles. The Balaban J connectivity index is 2.36. The molecule has 0 aromatic heterocycles. The third-order valence-corrected chi connectivity index (χ3v) is 4.60. The Morgan fingerprint density at radius 2 is 2.00 bits per heavy atom. The molecule has 4 unspecified atom stereocenters. The molecule has 0 heterocycles. The average Bonchev–Trinajstić information content (AvgIpc) is 2.36. The average molecular weight is 154 g/mol. The highest BCUT2D eigenvalue weighted by Crippen LogP contribution is 2.61. The third-order valence-electron chi connectivity index (χ3n) is 4.60. The molecule has 1 heteroatoms. The summed E-state index contributed by atoms with van der Waals surface area (Å²) in [6.07, 6.45) is 3.82. The molecule has 2 rings (SSSR count). The van der Waals surface area contributed by atoms with Crippen molar-refractivity contribution in [1.29, 1.82) is 0 Å². The lowest BCUT2D eigenvalue weighted by Gasteiger charge is -2.41. The number of hydrogen-bond donors (Lipinski definition) is 1. The van der Waals surface area contributed by atoms with Crippen LogP contribution in [0, 0.1) is 17.3 Å². The van der Waals surface area contributed by atoms with Crippen molar-refractivity contribution < 1.29 is 5.11 Å². The third kappa shape index (κ3) is 0.703. The minimum Gasteiger partial charge on any atom is -0.389 e. The van der Waals surface area contributed by atoms with Gasteiger partial charge in [0.2, 0.25) is 0 Å². The van der Waals surface area contributed by atoms with Crippen molar-refractivity contribution in [2.24, 2.45) is 17.3 Å². The minimum atomic E-state index is -0.393. The molecule has 64 valence electrons. The van der Waals surface area contributed by atoms with E-state index in [-0.39, 0.29) is 5.41 Å². The topological polar surface area (TPSA) is 20.2 Å². The first-order valence-electron chi connectivity index (χ1n) is 4.70. The summed E-state index contributed by atoms with van der Waals surface area (Å²) in [5.41, 5.74) is -0.160. The lowest BCUT2D eigenvalue weighted by molar-refractivity contribution is -0.0822. The van der Waals surface area contributed by atoms with Gasteiger partial charge in [-0.15, -0.1) is 0 Å². The van der Waals surface area contributed by atoms with Crippen molar-refractivity contribution in [2.45, 2.75) is 45.6 Å². The molecule has 0 spiro atoms. The van der Waals surface area contributed by atoms with Gasteiger partial charge in [0, 0.05) is 0 Å². The smallest absolute Gasteiger partial charge is 0.0701 e. The lowest BCUT2D eigenvalue weighted by Crippen LogP contribution is -2.45. The van der Waals surface area contributed by atoms with E-state index in [1.54, 1.807) is 0 Å². The highest BCUT2D eigenvalue weighted by Gasteiger charge is 2.59. The molecule has 2 aliphatic rings. The van der Waals surface area contributed by atoms with Gasteiger partial charge in [-0.1, -0.05) is 13.8 Å². The Morgan fingerprint density at radius 1 is 1.36 bits per heavy atom. The number of aliphatic hydroxyl groups is 1. The van der Waals surface area contributed by atoms with Crippen LogP contribution in [0.1, 0.15) is 40.0 Å². The first kappa shape index (κ1) is 7.60. The Bertz CT molecular complexity index is 183. The summed E-state index contributed by atoms with van der Waals surface area (Å²) in [5, 5.41) is 10.2. The van der Waals surface area contributed by atoms with Gasteiger partial charge in [0.25, 0.3) is 0 Å². The van der Waals surface area contributed by atoms with Crippen molar-refractivity contribution >= 4 is 0 Å². The van der Waals surface area contributed by atoms with Crippen LogP contribution < -0.4 is 0 Å². The molecule has 11 heavy (non-hydrogen) atoms. The molecule has 0 amide bonds. The van der Waals surface area contributed by atoms with Gasteiger partial charge < -0.3 is 5.11 Å². The monoisotopic (exact) mass is 154 g/mol. The predicted molar refractivity (Wildman–Crippen MR) is 45.2 cm³/mol. The van der Waals surface area contributed by atoms with Crippen molar-refractivity contribution in [2.75, 3.05) is 0 Å². The van der Waals surface area contributed by atoms with E-state index in [2.05, 4.69) is 13.8 Å². The van der Waals surface area contributed by atoms with Crippen LogP contribution in [-0.4, -0.2) is 10.7 Å². The van der Waals surface area contributed by atoms with Crippen molar-refractivity contribution in [1.82, 2.24) is 0 Å². The van der Waals surface area contributed by atoms with Crippen LogP contribution in [0.4, 0.5) is 0 Å². The molecule has 1 nitrogen and oxygen atoms in total. The Morgan fingerprint density at radius 3 is 2.27 bits per heavy atom. The quantitative estimate of drug-likeness (QED) is 0.567. The maximum Gasteiger partial charge on any atom is 0.0701 e.